The van der Waals surface area contributed by atoms with Crippen LogP contribution >= 0.6 is 0 Å². The van der Waals surface area contributed by atoms with Crippen LogP contribution in [0.15, 0.2) is 5.11 Å². The molecule has 1 fully saturated rings. The first-order chi connectivity index (χ1) is 6.04. The first-order valence-corrected chi connectivity index (χ1v) is 4.66. The van der Waals surface area contributed by atoms with E-state index in [0.717, 1.165) is 13.0 Å². The highest BCUT2D eigenvalue weighted by Gasteiger charge is 2.33. The Bertz CT molecular complexity index is 215. The van der Waals surface area contributed by atoms with Crippen molar-refractivity contribution in [2.75, 3.05) is 13.2 Å². The molecule has 0 unspecified atom stereocenters. The maximum Gasteiger partial charge on any atom is 0.0635 e. The van der Waals surface area contributed by atoms with Crippen molar-refractivity contribution in [1.29, 1.82) is 0 Å². The molecule has 4 heteroatoms. The number of rotatable bonds is 2. The summed E-state index contributed by atoms with van der Waals surface area (Å²) in [5.74, 6) is 0.589. The van der Waals surface area contributed by atoms with E-state index in [9.17, 15) is 0 Å². The van der Waals surface area contributed by atoms with Crippen LogP contribution in [0, 0.1) is 11.3 Å². The fourth-order valence-corrected chi connectivity index (χ4v) is 1.56. The van der Waals surface area contributed by atoms with Gasteiger partial charge >= 0.3 is 0 Å². The van der Waals surface area contributed by atoms with Crippen molar-refractivity contribution in [3.8, 4) is 0 Å². The van der Waals surface area contributed by atoms with E-state index in [-0.39, 0.29) is 6.10 Å². The van der Waals surface area contributed by atoms with Crippen LogP contribution < -0.4 is 0 Å². The van der Waals surface area contributed by atoms with Gasteiger partial charge in [-0.3, -0.25) is 0 Å². The molecule has 1 rings (SSSR count). The van der Waals surface area contributed by atoms with Gasteiger partial charge in [-0.2, -0.15) is 0 Å². The topological polar surface area (TPSA) is 58.0 Å². The molecular weight excluding hydrogens is 166 g/mol. The fraction of sp³-hybridized carbons (Fsp3) is 1.00. The van der Waals surface area contributed by atoms with Gasteiger partial charge in [-0.25, -0.2) is 0 Å². The standard InChI is InChI=1S/C9H17N3O/c1-9(2,3)7-4-8(13-6-7)5-11-12-10/h7-8H,4-6H2,1-3H3/t7-,8-/m1/s1. The summed E-state index contributed by atoms with van der Waals surface area (Å²) in [5, 5.41) is 3.53. The third-order valence-corrected chi connectivity index (χ3v) is 2.65. The van der Waals surface area contributed by atoms with E-state index >= 15 is 0 Å². The van der Waals surface area contributed by atoms with Crippen LogP contribution in [0.5, 0.6) is 0 Å². The molecule has 4 nitrogen and oxygen atoms in total. The van der Waals surface area contributed by atoms with Crippen molar-refractivity contribution < 1.29 is 4.74 Å². The molecule has 13 heavy (non-hydrogen) atoms. The Hall–Kier alpha value is -0.730. The molecule has 0 aromatic carbocycles. The lowest BCUT2D eigenvalue weighted by Gasteiger charge is -2.25. The van der Waals surface area contributed by atoms with Gasteiger partial charge in [-0.15, -0.1) is 0 Å². The van der Waals surface area contributed by atoms with E-state index < -0.39 is 0 Å². The van der Waals surface area contributed by atoms with E-state index in [1.807, 2.05) is 0 Å². The van der Waals surface area contributed by atoms with Crippen molar-refractivity contribution in [3.63, 3.8) is 0 Å². The summed E-state index contributed by atoms with van der Waals surface area (Å²) in [4.78, 5) is 2.73. The van der Waals surface area contributed by atoms with Gasteiger partial charge < -0.3 is 4.74 Å². The Kier molecular flexibility index (Phi) is 3.17. The average molecular weight is 183 g/mol. The van der Waals surface area contributed by atoms with Crippen LogP contribution in [0.1, 0.15) is 27.2 Å². The van der Waals surface area contributed by atoms with Gasteiger partial charge in [-0.1, -0.05) is 25.9 Å². The third-order valence-electron chi connectivity index (χ3n) is 2.65. The Morgan fingerprint density at radius 2 is 2.23 bits per heavy atom. The lowest BCUT2D eigenvalue weighted by Crippen LogP contribution is -2.20. The fourth-order valence-electron chi connectivity index (χ4n) is 1.56. The van der Waals surface area contributed by atoms with Crippen molar-refractivity contribution in [3.05, 3.63) is 10.4 Å². The van der Waals surface area contributed by atoms with E-state index in [1.54, 1.807) is 0 Å². The van der Waals surface area contributed by atoms with Crippen molar-refractivity contribution >= 4 is 0 Å². The van der Waals surface area contributed by atoms with Crippen LogP contribution in [-0.2, 0) is 4.74 Å². The molecule has 0 aromatic rings. The highest BCUT2D eigenvalue weighted by molar-refractivity contribution is 4.83. The lowest BCUT2D eigenvalue weighted by atomic mass is 9.79. The second-order valence-electron chi connectivity index (χ2n) is 4.67. The molecule has 1 aliphatic rings. The summed E-state index contributed by atoms with van der Waals surface area (Å²) in [6, 6.07) is 0. The lowest BCUT2D eigenvalue weighted by molar-refractivity contribution is 0.102. The largest absolute Gasteiger partial charge is 0.378 e. The first-order valence-electron chi connectivity index (χ1n) is 4.66. The number of ether oxygens (including phenoxy) is 1. The van der Waals surface area contributed by atoms with Crippen molar-refractivity contribution in [2.24, 2.45) is 16.4 Å². The maximum atomic E-state index is 8.16. The molecule has 0 N–H and O–H groups in total. The summed E-state index contributed by atoms with van der Waals surface area (Å²) in [6.45, 7) is 7.93. The number of hydrogen-bond acceptors (Lipinski definition) is 2. The number of azide groups is 1. The Morgan fingerprint density at radius 3 is 2.69 bits per heavy atom. The molecule has 0 bridgehead atoms. The van der Waals surface area contributed by atoms with Crippen molar-refractivity contribution in [2.45, 2.75) is 33.3 Å². The summed E-state index contributed by atoms with van der Waals surface area (Å²) >= 11 is 0. The highest BCUT2D eigenvalue weighted by Crippen LogP contribution is 2.35. The minimum absolute atomic E-state index is 0.139. The second kappa shape index (κ2) is 3.99. The van der Waals surface area contributed by atoms with Gasteiger partial charge in [0, 0.05) is 4.91 Å². The third kappa shape index (κ3) is 2.90. The van der Waals surface area contributed by atoms with Gasteiger partial charge in [0.15, 0.2) is 0 Å². The normalized spacial score (nSPS) is 28.5. The molecule has 0 spiro atoms. The summed E-state index contributed by atoms with van der Waals surface area (Å²) < 4.78 is 5.53. The Labute approximate surface area is 78.9 Å². The predicted octanol–water partition coefficient (Wildman–Crippen LogP) is 2.75. The monoisotopic (exact) mass is 183 g/mol. The quantitative estimate of drug-likeness (QED) is 0.369. The smallest absolute Gasteiger partial charge is 0.0635 e. The van der Waals surface area contributed by atoms with Crippen LogP contribution in [0.4, 0.5) is 0 Å². The van der Waals surface area contributed by atoms with Crippen LogP contribution in [0.3, 0.4) is 0 Å². The van der Waals surface area contributed by atoms with Gasteiger partial charge in [0.2, 0.25) is 0 Å². The molecule has 0 amide bonds. The Balaban J connectivity index is 2.40. The first kappa shape index (κ1) is 10.4. The summed E-state index contributed by atoms with van der Waals surface area (Å²) in [5.41, 5.74) is 8.45. The van der Waals surface area contributed by atoms with Gasteiger partial charge in [0.05, 0.1) is 19.3 Å². The number of hydrogen-bond donors (Lipinski definition) is 0. The van der Waals surface area contributed by atoms with E-state index in [4.69, 9.17) is 10.3 Å². The zero-order chi connectivity index (χ0) is 9.90. The molecule has 0 saturated carbocycles. The molecule has 0 aromatic heterocycles. The van der Waals surface area contributed by atoms with Gasteiger partial charge in [-0.05, 0) is 23.3 Å². The van der Waals surface area contributed by atoms with E-state index in [0.29, 0.717) is 17.9 Å². The van der Waals surface area contributed by atoms with Gasteiger partial charge in [0.25, 0.3) is 0 Å². The van der Waals surface area contributed by atoms with Crippen molar-refractivity contribution in [1.82, 2.24) is 0 Å². The maximum absolute atomic E-state index is 8.16. The molecule has 1 heterocycles. The van der Waals surface area contributed by atoms with Gasteiger partial charge in [0.1, 0.15) is 0 Å². The number of nitrogens with zero attached hydrogens (tertiary/aromatic N) is 3. The highest BCUT2D eigenvalue weighted by atomic mass is 16.5. The zero-order valence-corrected chi connectivity index (χ0v) is 8.53. The van der Waals surface area contributed by atoms with Crippen LogP contribution in [0.25, 0.3) is 10.4 Å². The molecule has 74 valence electrons. The van der Waals surface area contributed by atoms with E-state index in [1.165, 1.54) is 0 Å². The van der Waals surface area contributed by atoms with Crippen LogP contribution in [-0.4, -0.2) is 19.3 Å². The van der Waals surface area contributed by atoms with Crippen LogP contribution in [0.2, 0.25) is 0 Å². The predicted molar refractivity (Wildman–Crippen MR) is 51.3 cm³/mol. The second-order valence-corrected chi connectivity index (χ2v) is 4.67. The summed E-state index contributed by atoms with van der Waals surface area (Å²) in [7, 11) is 0. The average Bonchev–Trinajstić information content (AvgIpc) is 2.47. The molecular formula is C9H17N3O. The molecule has 0 aliphatic carbocycles. The molecule has 1 aliphatic heterocycles. The molecule has 1 saturated heterocycles. The van der Waals surface area contributed by atoms with E-state index in [2.05, 4.69) is 30.8 Å². The molecule has 0 radical (unpaired) electrons. The minimum Gasteiger partial charge on any atom is -0.378 e. The summed E-state index contributed by atoms with van der Waals surface area (Å²) in [6.07, 6.45) is 1.16. The zero-order valence-electron chi connectivity index (χ0n) is 8.53. The molecule has 2 atom stereocenters. The SMILES string of the molecule is CC(C)(C)[C@H]1CO[C@@H](CN=[N+]=[N-])C1. The minimum atomic E-state index is 0.139. The Morgan fingerprint density at radius 1 is 1.54 bits per heavy atom.